The molecule has 0 amide bonds. The van der Waals surface area contributed by atoms with Crippen molar-refractivity contribution >= 4 is 5.97 Å². The number of rotatable bonds is 6. The molecule has 3 nitrogen and oxygen atoms in total. The Balaban J connectivity index is 2.36. The summed E-state index contributed by atoms with van der Waals surface area (Å²) in [5.41, 5.74) is 9.38. The number of carboxylic acids is 1. The molecule has 1 rings (SSSR count). The first-order valence-electron chi connectivity index (χ1n) is 6.05. The Kier molecular flexibility index (Phi) is 5.16. The number of hydrogen-bond donors (Lipinski definition) is 2. The standard InChI is InChI=1S/C14H21NO2/c1-10-7-8-11(2)12(9-10)5-3-4-6-13(15)14(16)17/h7-9,13H,3-6,15H2,1-2H3,(H,16,17). The third-order valence-electron chi connectivity index (χ3n) is 3.03. The van der Waals surface area contributed by atoms with E-state index in [0.29, 0.717) is 6.42 Å². The molecule has 0 radical (unpaired) electrons. The molecule has 0 aliphatic heterocycles. The summed E-state index contributed by atoms with van der Waals surface area (Å²) in [7, 11) is 0. The predicted octanol–water partition coefficient (Wildman–Crippen LogP) is 2.43. The Morgan fingerprint density at radius 3 is 2.71 bits per heavy atom. The molecule has 1 unspecified atom stereocenters. The number of carboxylic acid groups (broad SMARTS) is 1. The van der Waals surface area contributed by atoms with Gasteiger partial charge in [0.2, 0.25) is 0 Å². The van der Waals surface area contributed by atoms with Crippen LogP contribution in [0.4, 0.5) is 0 Å². The SMILES string of the molecule is Cc1ccc(C)c(CCCCC(N)C(=O)O)c1. The van der Waals surface area contributed by atoms with E-state index >= 15 is 0 Å². The Hall–Kier alpha value is -1.35. The minimum absolute atomic E-state index is 0.556. The van der Waals surface area contributed by atoms with E-state index in [1.165, 1.54) is 16.7 Å². The Labute approximate surface area is 103 Å². The molecule has 1 aromatic rings. The largest absolute Gasteiger partial charge is 0.480 e. The van der Waals surface area contributed by atoms with Gasteiger partial charge in [0.25, 0.3) is 0 Å². The van der Waals surface area contributed by atoms with Crippen LogP contribution in [0.25, 0.3) is 0 Å². The number of carbonyl (C=O) groups is 1. The Bertz CT molecular complexity index is 388. The van der Waals surface area contributed by atoms with Crippen molar-refractivity contribution in [2.75, 3.05) is 0 Å². The molecule has 1 atom stereocenters. The van der Waals surface area contributed by atoms with Gasteiger partial charge in [-0.15, -0.1) is 0 Å². The van der Waals surface area contributed by atoms with Crippen molar-refractivity contribution in [3.8, 4) is 0 Å². The normalized spacial score (nSPS) is 12.4. The molecule has 0 bridgehead atoms. The second kappa shape index (κ2) is 6.40. The third kappa shape index (κ3) is 4.57. The van der Waals surface area contributed by atoms with Crippen LogP contribution in [0.15, 0.2) is 18.2 Å². The Morgan fingerprint density at radius 1 is 1.35 bits per heavy atom. The average Bonchev–Trinajstić information content (AvgIpc) is 2.28. The summed E-state index contributed by atoms with van der Waals surface area (Å²) < 4.78 is 0. The maximum absolute atomic E-state index is 10.5. The van der Waals surface area contributed by atoms with E-state index in [9.17, 15) is 4.79 Å². The molecule has 94 valence electrons. The number of aryl methyl sites for hydroxylation is 3. The summed E-state index contributed by atoms with van der Waals surface area (Å²) in [5, 5.41) is 8.65. The monoisotopic (exact) mass is 235 g/mol. The highest BCUT2D eigenvalue weighted by Gasteiger charge is 2.10. The number of hydrogen-bond acceptors (Lipinski definition) is 2. The molecule has 0 heterocycles. The zero-order chi connectivity index (χ0) is 12.8. The van der Waals surface area contributed by atoms with Crippen LogP contribution in [0.5, 0.6) is 0 Å². The van der Waals surface area contributed by atoms with E-state index in [1.807, 2.05) is 0 Å². The van der Waals surface area contributed by atoms with E-state index < -0.39 is 12.0 Å². The van der Waals surface area contributed by atoms with E-state index in [1.54, 1.807) is 0 Å². The summed E-state index contributed by atoms with van der Waals surface area (Å²) in [4.78, 5) is 10.5. The van der Waals surface area contributed by atoms with Gasteiger partial charge in [0.15, 0.2) is 0 Å². The van der Waals surface area contributed by atoms with Crippen LogP contribution < -0.4 is 5.73 Å². The summed E-state index contributed by atoms with van der Waals surface area (Å²) in [5.74, 6) is -0.906. The highest BCUT2D eigenvalue weighted by atomic mass is 16.4. The van der Waals surface area contributed by atoms with E-state index in [2.05, 4.69) is 32.0 Å². The number of nitrogens with two attached hydrogens (primary N) is 1. The Morgan fingerprint density at radius 2 is 2.06 bits per heavy atom. The van der Waals surface area contributed by atoms with Crippen LogP contribution in [-0.4, -0.2) is 17.1 Å². The molecule has 3 heteroatoms. The van der Waals surface area contributed by atoms with Gasteiger partial charge in [-0.1, -0.05) is 30.2 Å². The van der Waals surface area contributed by atoms with Gasteiger partial charge in [0, 0.05) is 0 Å². The molecule has 3 N–H and O–H groups in total. The first-order valence-corrected chi connectivity index (χ1v) is 6.05. The zero-order valence-corrected chi connectivity index (χ0v) is 10.6. The lowest BCUT2D eigenvalue weighted by molar-refractivity contribution is -0.138. The molecule has 0 spiro atoms. The van der Waals surface area contributed by atoms with Crippen LogP contribution in [0.2, 0.25) is 0 Å². The number of aliphatic carboxylic acids is 1. The summed E-state index contributed by atoms with van der Waals surface area (Å²) in [6, 6.07) is 5.73. The zero-order valence-electron chi connectivity index (χ0n) is 10.6. The van der Waals surface area contributed by atoms with E-state index in [4.69, 9.17) is 10.8 Å². The van der Waals surface area contributed by atoms with Gasteiger partial charge in [0.1, 0.15) is 6.04 Å². The molecule has 1 aromatic carbocycles. The molecule has 0 aromatic heterocycles. The molecule has 0 saturated carbocycles. The number of benzene rings is 1. The molecule has 17 heavy (non-hydrogen) atoms. The second-order valence-corrected chi connectivity index (χ2v) is 4.62. The predicted molar refractivity (Wildman–Crippen MR) is 69.1 cm³/mol. The van der Waals surface area contributed by atoms with Gasteiger partial charge in [-0.25, -0.2) is 0 Å². The molecule has 0 saturated heterocycles. The fraction of sp³-hybridized carbons (Fsp3) is 0.500. The topological polar surface area (TPSA) is 63.3 Å². The van der Waals surface area contributed by atoms with Gasteiger partial charge in [-0.05, 0) is 44.2 Å². The van der Waals surface area contributed by atoms with Gasteiger partial charge in [0.05, 0.1) is 0 Å². The minimum atomic E-state index is -0.906. The lowest BCUT2D eigenvalue weighted by Gasteiger charge is -2.08. The lowest BCUT2D eigenvalue weighted by Crippen LogP contribution is -2.29. The van der Waals surface area contributed by atoms with Crippen LogP contribution in [0.1, 0.15) is 36.0 Å². The van der Waals surface area contributed by atoms with Crippen molar-refractivity contribution in [1.29, 1.82) is 0 Å². The van der Waals surface area contributed by atoms with Gasteiger partial charge < -0.3 is 10.8 Å². The third-order valence-corrected chi connectivity index (χ3v) is 3.03. The molecule has 0 fully saturated rings. The van der Waals surface area contributed by atoms with Gasteiger partial charge >= 0.3 is 5.97 Å². The van der Waals surface area contributed by atoms with Crippen molar-refractivity contribution < 1.29 is 9.90 Å². The summed E-state index contributed by atoms with van der Waals surface area (Å²) in [6.45, 7) is 4.20. The first-order chi connectivity index (χ1) is 8.00. The molecular formula is C14H21NO2. The smallest absolute Gasteiger partial charge is 0.320 e. The van der Waals surface area contributed by atoms with Crippen molar-refractivity contribution in [2.45, 2.75) is 45.6 Å². The maximum atomic E-state index is 10.5. The highest BCUT2D eigenvalue weighted by Crippen LogP contribution is 2.14. The van der Waals surface area contributed by atoms with Crippen molar-refractivity contribution in [3.05, 3.63) is 34.9 Å². The lowest BCUT2D eigenvalue weighted by atomic mass is 9.99. The minimum Gasteiger partial charge on any atom is -0.480 e. The van der Waals surface area contributed by atoms with E-state index in [-0.39, 0.29) is 0 Å². The van der Waals surface area contributed by atoms with Crippen LogP contribution in [0.3, 0.4) is 0 Å². The first kappa shape index (κ1) is 13.7. The van der Waals surface area contributed by atoms with Gasteiger partial charge in [-0.2, -0.15) is 0 Å². The quantitative estimate of drug-likeness (QED) is 0.744. The maximum Gasteiger partial charge on any atom is 0.320 e. The van der Waals surface area contributed by atoms with Crippen LogP contribution in [0, 0.1) is 13.8 Å². The summed E-state index contributed by atoms with van der Waals surface area (Å²) in [6.07, 6.45) is 3.41. The molecule has 0 aliphatic rings. The second-order valence-electron chi connectivity index (χ2n) is 4.62. The van der Waals surface area contributed by atoms with Crippen LogP contribution >= 0.6 is 0 Å². The summed E-state index contributed by atoms with van der Waals surface area (Å²) >= 11 is 0. The van der Waals surface area contributed by atoms with Crippen molar-refractivity contribution in [1.82, 2.24) is 0 Å². The molecular weight excluding hydrogens is 214 g/mol. The molecule has 0 aliphatic carbocycles. The van der Waals surface area contributed by atoms with Crippen molar-refractivity contribution in [3.63, 3.8) is 0 Å². The van der Waals surface area contributed by atoms with Crippen LogP contribution in [-0.2, 0) is 11.2 Å². The number of unbranched alkanes of at least 4 members (excludes halogenated alkanes) is 1. The van der Waals surface area contributed by atoms with Crippen molar-refractivity contribution in [2.24, 2.45) is 5.73 Å². The van der Waals surface area contributed by atoms with Gasteiger partial charge in [-0.3, -0.25) is 4.79 Å². The van der Waals surface area contributed by atoms with E-state index in [0.717, 1.165) is 19.3 Å². The average molecular weight is 235 g/mol. The highest BCUT2D eigenvalue weighted by molar-refractivity contribution is 5.72. The fourth-order valence-electron chi connectivity index (χ4n) is 1.87. The fourth-order valence-corrected chi connectivity index (χ4v) is 1.87.